The molecule has 19 heavy (non-hydrogen) atoms. The Morgan fingerprint density at radius 2 is 2.11 bits per heavy atom. The fraction of sp³-hybridized carbons (Fsp3) is 0.929. The van der Waals surface area contributed by atoms with Crippen molar-refractivity contribution in [1.29, 1.82) is 0 Å². The zero-order valence-electron chi connectivity index (χ0n) is 12.4. The first-order valence-electron chi connectivity index (χ1n) is 7.20. The highest BCUT2D eigenvalue weighted by molar-refractivity contribution is 5.81. The highest BCUT2D eigenvalue weighted by Gasteiger charge is 2.24. The Labute approximate surface area is 116 Å². The molecule has 0 bridgehead atoms. The molecule has 1 saturated carbocycles. The molecule has 0 saturated heterocycles. The van der Waals surface area contributed by atoms with Crippen molar-refractivity contribution >= 4 is 5.91 Å². The van der Waals surface area contributed by atoms with E-state index in [-0.39, 0.29) is 11.9 Å². The molecule has 112 valence electrons. The van der Waals surface area contributed by atoms with Crippen LogP contribution in [0.2, 0.25) is 0 Å². The number of amides is 1. The van der Waals surface area contributed by atoms with Gasteiger partial charge in [0.2, 0.25) is 5.91 Å². The smallest absolute Gasteiger partial charge is 0.237 e. The Kier molecular flexibility index (Phi) is 6.75. The van der Waals surface area contributed by atoms with Gasteiger partial charge in [0.15, 0.2) is 0 Å². The van der Waals surface area contributed by atoms with Gasteiger partial charge in [-0.1, -0.05) is 12.8 Å². The van der Waals surface area contributed by atoms with Crippen LogP contribution in [0.4, 0.5) is 0 Å². The zero-order valence-corrected chi connectivity index (χ0v) is 12.4. The van der Waals surface area contributed by atoms with Crippen molar-refractivity contribution in [2.45, 2.75) is 63.6 Å². The molecule has 2 atom stereocenters. The second-order valence-electron chi connectivity index (χ2n) is 5.83. The molecule has 0 aromatic heterocycles. The molecule has 0 heterocycles. The molecule has 0 spiro atoms. The van der Waals surface area contributed by atoms with Gasteiger partial charge in [0.1, 0.15) is 0 Å². The van der Waals surface area contributed by atoms with E-state index >= 15 is 0 Å². The highest BCUT2D eigenvalue weighted by Crippen LogP contribution is 2.17. The number of methoxy groups -OCH3 is 1. The van der Waals surface area contributed by atoms with Gasteiger partial charge in [0, 0.05) is 32.7 Å². The average Bonchev–Trinajstić information content (AvgIpc) is 2.86. The van der Waals surface area contributed by atoms with Crippen molar-refractivity contribution in [2.75, 3.05) is 20.3 Å². The number of hydrogen-bond acceptors (Lipinski definition) is 4. The normalized spacial score (nSPS) is 21.1. The predicted molar refractivity (Wildman–Crippen MR) is 75.0 cm³/mol. The van der Waals surface area contributed by atoms with Crippen molar-refractivity contribution in [3.8, 4) is 0 Å². The van der Waals surface area contributed by atoms with Crippen LogP contribution in [-0.4, -0.2) is 49.0 Å². The van der Waals surface area contributed by atoms with Gasteiger partial charge in [-0.3, -0.25) is 4.79 Å². The lowest BCUT2D eigenvalue weighted by atomic mass is 10.0. The van der Waals surface area contributed by atoms with Crippen molar-refractivity contribution in [1.82, 2.24) is 10.6 Å². The first kappa shape index (κ1) is 16.4. The molecule has 0 aliphatic heterocycles. The molecule has 5 nitrogen and oxygen atoms in total. The highest BCUT2D eigenvalue weighted by atomic mass is 16.5. The van der Waals surface area contributed by atoms with Crippen LogP contribution in [0.25, 0.3) is 0 Å². The van der Waals surface area contributed by atoms with E-state index in [1.807, 2.05) is 6.92 Å². The van der Waals surface area contributed by atoms with E-state index in [1.54, 1.807) is 14.0 Å². The first-order valence-corrected chi connectivity index (χ1v) is 7.20. The fourth-order valence-corrected chi connectivity index (χ4v) is 2.27. The Balaban J connectivity index is 2.25. The third kappa shape index (κ3) is 6.36. The van der Waals surface area contributed by atoms with Crippen LogP contribution in [0.15, 0.2) is 0 Å². The molecule has 0 radical (unpaired) electrons. The molecule has 1 aliphatic rings. The van der Waals surface area contributed by atoms with E-state index in [0.29, 0.717) is 25.6 Å². The Morgan fingerprint density at radius 1 is 1.47 bits per heavy atom. The Hall–Kier alpha value is -0.650. The first-order chi connectivity index (χ1) is 8.94. The summed E-state index contributed by atoms with van der Waals surface area (Å²) < 4.78 is 4.95. The van der Waals surface area contributed by atoms with Crippen LogP contribution in [0.5, 0.6) is 0 Å². The molecule has 5 heteroatoms. The number of ether oxygens (including phenoxy) is 1. The standard InChI is InChI=1S/C14H28N2O3/c1-11(13(17)16-12-6-4-5-7-12)15-10-14(2,18)8-9-19-3/h11-12,15,18H,4-10H2,1-3H3,(H,16,17). The minimum absolute atomic E-state index is 0.0226. The van der Waals surface area contributed by atoms with Gasteiger partial charge in [-0.15, -0.1) is 0 Å². The molecule has 3 N–H and O–H groups in total. The summed E-state index contributed by atoms with van der Waals surface area (Å²) in [5.41, 5.74) is -0.849. The maximum absolute atomic E-state index is 11.9. The largest absolute Gasteiger partial charge is 0.389 e. The fourth-order valence-electron chi connectivity index (χ4n) is 2.27. The van der Waals surface area contributed by atoms with Crippen molar-refractivity contribution in [3.05, 3.63) is 0 Å². The van der Waals surface area contributed by atoms with Crippen molar-refractivity contribution in [2.24, 2.45) is 0 Å². The molecule has 1 rings (SSSR count). The molecule has 2 unspecified atom stereocenters. The lowest BCUT2D eigenvalue weighted by molar-refractivity contribution is -0.123. The Morgan fingerprint density at radius 3 is 2.68 bits per heavy atom. The Bertz CT molecular complexity index is 276. The third-order valence-corrected chi connectivity index (χ3v) is 3.73. The van der Waals surface area contributed by atoms with E-state index in [4.69, 9.17) is 4.74 Å². The van der Waals surface area contributed by atoms with E-state index in [2.05, 4.69) is 10.6 Å². The number of carbonyl (C=O) groups excluding carboxylic acids is 1. The van der Waals surface area contributed by atoms with Gasteiger partial charge in [0.05, 0.1) is 11.6 Å². The maximum Gasteiger partial charge on any atom is 0.237 e. The summed E-state index contributed by atoms with van der Waals surface area (Å²) in [5.74, 6) is 0.0226. The number of nitrogens with one attached hydrogen (secondary N) is 2. The zero-order chi connectivity index (χ0) is 14.3. The second-order valence-corrected chi connectivity index (χ2v) is 5.83. The summed E-state index contributed by atoms with van der Waals surface area (Å²) in [6.07, 6.45) is 5.14. The summed E-state index contributed by atoms with van der Waals surface area (Å²) in [4.78, 5) is 11.9. The van der Waals surface area contributed by atoms with Gasteiger partial charge in [-0.2, -0.15) is 0 Å². The topological polar surface area (TPSA) is 70.6 Å². The quantitative estimate of drug-likeness (QED) is 0.611. The summed E-state index contributed by atoms with van der Waals surface area (Å²) in [6.45, 7) is 4.48. The van der Waals surface area contributed by atoms with Crippen LogP contribution < -0.4 is 10.6 Å². The summed E-state index contributed by atoms with van der Waals surface area (Å²) >= 11 is 0. The van der Waals surface area contributed by atoms with Gasteiger partial charge >= 0.3 is 0 Å². The second kappa shape index (κ2) is 7.82. The summed E-state index contributed by atoms with van der Waals surface area (Å²) in [5, 5.41) is 16.2. The lowest BCUT2D eigenvalue weighted by Gasteiger charge is -2.26. The van der Waals surface area contributed by atoms with Crippen LogP contribution in [0.1, 0.15) is 46.0 Å². The SMILES string of the molecule is COCCC(C)(O)CNC(C)C(=O)NC1CCCC1. The minimum atomic E-state index is -0.849. The molecule has 1 aliphatic carbocycles. The minimum Gasteiger partial charge on any atom is -0.389 e. The number of rotatable bonds is 8. The molecule has 0 aromatic rings. The number of aliphatic hydroxyl groups is 1. The summed E-state index contributed by atoms with van der Waals surface area (Å²) in [7, 11) is 1.61. The molecule has 1 fully saturated rings. The molecular weight excluding hydrogens is 244 g/mol. The molecule has 0 aromatic carbocycles. The van der Waals surface area contributed by atoms with E-state index in [0.717, 1.165) is 12.8 Å². The average molecular weight is 272 g/mol. The van der Waals surface area contributed by atoms with Gasteiger partial charge in [-0.25, -0.2) is 0 Å². The van der Waals surface area contributed by atoms with Gasteiger partial charge in [0.25, 0.3) is 0 Å². The molecule has 1 amide bonds. The van der Waals surface area contributed by atoms with Crippen LogP contribution >= 0.6 is 0 Å². The van der Waals surface area contributed by atoms with Crippen LogP contribution in [0.3, 0.4) is 0 Å². The van der Waals surface area contributed by atoms with Crippen LogP contribution in [0, 0.1) is 0 Å². The van der Waals surface area contributed by atoms with E-state index in [9.17, 15) is 9.90 Å². The van der Waals surface area contributed by atoms with Crippen molar-refractivity contribution < 1.29 is 14.6 Å². The van der Waals surface area contributed by atoms with E-state index in [1.165, 1.54) is 12.8 Å². The molecular formula is C14H28N2O3. The number of carbonyl (C=O) groups is 1. The van der Waals surface area contributed by atoms with E-state index < -0.39 is 5.60 Å². The van der Waals surface area contributed by atoms with Gasteiger partial charge < -0.3 is 20.5 Å². The lowest BCUT2D eigenvalue weighted by Crippen LogP contribution is -2.50. The van der Waals surface area contributed by atoms with Gasteiger partial charge in [-0.05, 0) is 26.7 Å². The van der Waals surface area contributed by atoms with Crippen LogP contribution in [-0.2, 0) is 9.53 Å². The third-order valence-electron chi connectivity index (χ3n) is 3.73. The maximum atomic E-state index is 11.9. The van der Waals surface area contributed by atoms with Crippen molar-refractivity contribution in [3.63, 3.8) is 0 Å². The predicted octanol–water partition coefficient (Wildman–Crippen LogP) is 0.811. The number of hydrogen-bond donors (Lipinski definition) is 3. The summed E-state index contributed by atoms with van der Waals surface area (Å²) in [6, 6.07) is 0.0559. The monoisotopic (exact) mass is 272 g/mol.